The lowest BCUT2D eigenvalue weighted by molar-refractivity contribution is -0.153. The second-order valence-corrected chi connectivity index (χ2v) is 5.12. The van der Waals surface area contributed by atoms with Crippen LogP contribution in [-0.2, 0) is 6.54 Å². The monoisotopic (exact) mass is 336 g/mol. The highest BCUT2D eigenvalue weighted by molar-refractivity contribution is 6.01. The summed E-state index contributed by atoms with van der Waals surface area (Å²) in [6.07, 6.45) is -4.00. The Morgan fingerprint density at radius 1 is 1.25 bits per heavy atom. The zero-order valence-electron chi connectivity index (χ0n) is 12.2. The fourth-order valence-corrected chi connectivity index (χ4v) is 2.47. The number of carbonyl (C=O) groups excluding carboxylic acids is 2. The van der Waals surface area contributed by atoms with Crippen LogP contribution in [0.3, 0.4) is 0 Å². The molecule has 1 aliphatic rings. The van der Waals surface area contributed by atoms with Gasteiger partial charge >= 0.3 is 6.18 Å². The molecular weight excluding hydrogens is 325 g/mol. The number of ether oxygens (including phenoxy) is 1. The summed E-state index contributed by atoms with van der Waals surface area (Å²) < 4.78 is 42.1. The Bertz CT molecular complexity index is 819. The number of amides is 1. The number of hydrogen-bond donors (Lipinski definition) is 1. The van der Waals surface area contributed by atoms with E-state index in [1.165, 1.54) is 24.3 Å². The summed E-state index contributed by atoms with van der Waals surface area (Å²) in [6.45, 7) is -1.26. The van der Waals surface area contributed by atoms with Crippen molar-refractivity contribution in [3.8, 4) is 17.0 Å². The summed E-state index contributed by atoms with van der Waals surface area (Å²) in [5, 5.41) is 2.61. The molecule has 0 spiro atoms. The van der Waals surface area contributed by atoms with Crippen LogP contribution >= 0.6 is 0 Å². The molecule has 24 heavy (non-hydrogen) atoms. The zero-order valence-corrected chi connectivity index (χ0v) is 12.2. The maximum absolute atomic E-state index is 12.4. The molecule has 0 atom stereocenters. The van der Waals surface area contributed by atoms with Crippen LogP contribution < -0.4 is 10.1 Å². The van der Waals surface area contributed by atoms with Gasteiger partial charge in [0.05, 0.1) is 5.69 Å². The zero-order chi connectivity index (χ0) is 17.3. The minimum absolute atomic E-state index is 0.0198. The van der Waals surface area contributed by atoms with Crippen molar-refractivity contribution in [1.29, 1.82) is 0 Å². The van der Waals surface area contributed by atoms with Crippen molar-refractivity contribution in [1.82, 2.24) is 10.3 Å². The lowest BCUT2D eigenvalue weighted by Gasteiger charge is -2.14. The second-order valence-electron chi connectivity index (χ2n) is 5.12. The number of aldehydes is 1. The Balaban J connectivity index is 2.10. The van der Waals surface area contributed by atoms with Crippen LogP contribution in [0.5, 0.6) is 5.75 Å². The fraction of sp³-hybridized carbons (Fsp3) is 0.188. The first-order valence-corrected chi connectivity index (χ1v) is 6.95. The van der Waals surface area contributed by atoms with Gasteiger partial charge in [-0.05, 0) is 18.2 Å². The van der Waals surface area contributed by atoms with Gasteiger partial charge in [-0.3, -0.25) is 9.59 Å². The van der Waals surface area contributed by atoms with E-state index in [0.717, 1.165) is 0 Å². The molecule has 0 radical (unpaired) electrons. The number of hydrogen-bond acceptors (Lipinski definition) is 4. The number of aromatic nitrogens is 1. The van der Waals surface area contributed by atoms with Gasteiger partial charge in [0.15, 0.2) is 12.9 Å². The third kappa shape index (κ3) is 3.08. The number of rotatable bonds is 4. The molecule has 1 aromatic heterocycles. The highest BCUT2D eigenvalue weighted by Crippen LogP contribution is 2.34. The van der Waals surface area contributed by atoms with E-state index in [-0.39, 0.29) is 35.2 Å². The summed E-state index contributed by atoms with van der Waals surface area (Å²) in [5.74, 6) is -0.377. The summed E-state index contributed by atoms with van der Waals surface area (Å²) >= 11 is 0. The van der Waals surface area contributed by atoms with E-state index in [1.54, 1.807) is 6.07 Å². The molecule has 3 rings (SSSR count). The SMILES string of the molecule is O=Cc1cc2c(c(-c3ccccc3OCC(F)(F)F)n1)CNC2=O. The summed E-state index contributed by atoms with van der Waals surface area (Å²) in [6, 6.07) is 7.41. The summed E-state index contributed by atoms with van der Waals surface area (Å²) in [7, 11) is 0. The first kappa shape index (κ1) is 16.0. The molecule has 0 bridgehead atoms. The molecule has 8 heteroatoms. The van der Waals surface area contributed by atoms with Gasteiger partial charge in [0, 0.05) is 23.2 Å². The smallest absolute Gasteiger partial charge is 0.422 e. The van der Waals surface area contributed by atoms with Crippen molar-refractivity contribution in [3.63, 3.8) is 0 Å². The van der Waals surface area contributed by atoms with E-state index < -0.39 is 12.8 Å². The number of nitrogens with zero attached hydrogens (tertiary/aromatic N) is 1. The standard InChI is InChI=1S/C16H11F3N2O3/c17-16(18,19)8-24-13-4-2-1-3-10(13)14-12-6-20-15(23)11(12)5-9(7-22)21-14/h1-5,7H,6,8H2,(H,20,23). The van der Waals surface area contributed by atoms with Gasteiger partial charge in [0.2, 0.25) is 0 Å². The van der Waals surface area contributed by atoms with Gasteiger partial charge in [0.25, 0.3) is 5.91 Å². The topological polar surface area (TPSA) is 68.3 Å². The van der Waals surface area contributed by atoms with Gasteiger partial charge in [-0.1, -0.05) is 12.1 Å². The van der Waals surface area contributed by atoms with Crippen LogP contribution in [0.2, 0.25) is 0 Å². The first-order valence-electron chi connectivity index (χ1n) is 6.95. The lowest BCUT2D eigenvalue weighted by atomic mass is 10.0. The molecule has 1 amide bonds. The Morgan fingerprint density at radius 2 is 2.00 bits per heavy atom. The molecule has 124 valence electrons. The van der Waals surface area contributed by atoms with Crippen molar-refractivity contribution >= 4 is 12.2 Å². The van der Waals surface area contributed by atoms with Crippen molar-refractivity contribution in [2.24, 2.45) is 0 Å². The minimum atomic E-state index is -4.48. The lowest BCUT2D eigenvalue weighted by Crippen LogP contribution is -2.19. The molecule has 0 aliphatic carbocycles. The molecule has 2 aromatic rings. The number of benzene rings is 1. The maximum Gasteiger partial charge on any atom is 0.422 e. The van der Waals surface area contributed by atoms with Crippen LogP contribution in [0.4, 0.5) is 13.2 Å². The van der Waals surface area contributed by atoms with Gasteiger partial charge in [-0.25, -0.2) is 4.98 Å². The van der Waals surface area contributed by atoms with Crippen molar-refractivity contribution < 1.29 is 27.5 Å². The van der Waals surface area contributed by atoms with E-state index in [2.05, 4.69) is 10.3 Å². The van der Waals surface area contributed by atoms with Gasteiger partial charge < -0.3 is 10.1 Å². The number of para-hydroxylation sites is 1. The van der Waals surface area contributed by atoms with E-state index in [4.69, 9.17) is 4.74 Å². The summed E-state index contributed by atoms with van der Waals surface area (Å²) in [5.41, 5.74) is 1.37. The Morgan fingerprint density at radius 3 is 2.71 bits per heavy atom. The van der Waals surface area contributed by atoms with Gasteiger partial charge in [-0.2, -0.15) is 13.2 Å². The molecular formula is C16H11F3N2O3. The molecule has 0 fully saturated rings. The van der Waals surface area contributed by atoms with Crippen molar-refractivity contribution in [2.45, 2.75) is 12.7 Å². The first-order chi connectivity index (χ1) is 11.4. The minimum Gasteiger partial charge on any atom is -0.483 e. The molecule has 0 unspecified atom stereocenters. The molecule has 5 nitrogen and oxygen atoms in total. The molecule has 1 aliphatic heterocycles. The van der Waals surface area contributed by atoms with Crippen LogP contribution in [0, 0.1) is 0 Å². The molecule has 0 saturated heterocycles. The number of nitrogens with one attached hydrogen (secondary N) is 1. The normalized spacial score (nSPS) is 13.4. The van der Waals surface area contributed by atoms with Crippen LogP contribution in [-0.4, -0.2) is 30.0 Å². The summed E-state index contributed by atoms with van der Waals surface area (Å²) in [4.78, 5) is 27.0. The second kappa shape index (κ2) is 5.95. The van der Waals surface area contributed by atoms with Crippen LogP contribution in [0.1, 0.15) is 26.4 Å². The number of carbonyl (C=O) groups is 2. The van der Waals surface area contributed by atoms with Crippen molar-refractivity contribution in [3.05, 3.63) is 47.2 Å². The van der Waals surface area contributed by atoms with Crippen LogP contribution in [0.15, 0.2) is 30.3 Å². The van der Waals surface area contributed by atoms with Gasteiger partial charge in [0.1, 0.15) is 11.4 Å². The largest absolute Gasteiger partial charge is 0.483 e. The Kier molecular flexibility index (Phi) is 3.96. The van der Waals surface area contributed by atoms with E-state index in [1.807, 2.05) is 0 Å². The number of alkyl halides is 3. The Hall–Kier alpha value is -2.90. The molecule has 1 aromatic carbocycles. The molecule has 0 saturated carbocycles. The number of fused-ring (bicyclic) bond motifs is 1. The predicted octanol–water partition coefficient (Wildman–Crippen LogP) is 2.75. The highest BCUT2D eigenvalue weighted by Gasteiger charge is 2.30. The fourth-order valence-electron chi connectivity index (χ4n) is 2.47. The van der Waals surface area contributed by atoms with Crippen molar-refractivity contribution in [2.75, 3.05) is 6.61 Å². The van der Waals surface area contributed by atoms with E-state index >= 15 is 0 Å². The third-order valence-corrected chi connectivity index (χ3v) is 3.47. The maximum atomic E-state index is 12.4. The molecule has 2 heterocycles. The van der Waals surface area contributed by atoms with E-state index in [0.29, 0.717) is 17.4 Å². The van der Waals surface area contributed by atoms with Crippen LogP contribution in [0.25, 0.3) is 11.3 Å². The Labute approximate surface area is 134 Å². The average Bonchev–Trinajstić information content (AvgIpc) is 2.93. The molecule has 1 N–H and O–H groups in total. The van der Waals surface area contributed by atoms with Gasteiger partial charge in [-0.15, -0.1) is 0 Å². The third-order valence-electron chi connectivity index (χ3n) is 3.47. The van der Waals surface area contributed by atoms with E-state index in [9.17, 15) is 22.8 Å². The predicted molar refractivity (Wildman–Crippen MR) is 77.8 cm³/mol. The average molecular weight is 336 g/mol. The number of pyridine rings is 1. The highest BCUT2D eigenvalue weighted by atomic mass is 19.4. The number of halogens is 3. The quantitative estimate of drug-likeness (QED) is 0.872.